The van der Waals surface area contributed by atoms with Gasteiger partial charge in [-0.2, -0.15) is 0 Å². The molecule has 0 amide bonds. The predicted octanol–water partition coefficient (Wildman–Crippen LogP) is 0.403. The fraction of sp³-hybridized carbons (Fsp3) is 0.417. The third kappa shape index (κ3) is 2.43. The van der Waals surface area contributed by atoms with Gasteiger partial charge in [-0.05, 0) is 11.6 Å². The highest BCUT2D eigenvalue weighted by atomic mass is 32.2. The van der Waals surface area contributed by atoms with E-state index in [1.807, 2.05) is 0 Å². The maximum atomic E-state index is 11.5. The second kappa shape index (κ2) is 4.50. The highest BCUT2D eigenvalue weighted by Gasteiger charge is 2.26. The van der Waals surface area contributed by atoms with E-state index in [4.69, 9.17) is 15.2 Å². The Hall–Kier alpha value is -1.60. The fourth-order valence-corrected chi connectivity index (χ4v) is 3.22. The first-order valence-electron chi connectivity index (χ1n) is 6.00. The van der Waals surface area contributed by atoms with Crippen LogP contribution in [0.1, 0.15) is 17.5 Å². The third-order valence-electron chi connectivity index (χ3n) is 3.16. The second-order valence-corrected chi connectivity index (χ2v) is 6.22. The lowest BCUT2D eigenvalue weighted by atomic mass is 10.1. The highest BCUT2D eigenvalue weighted by molar-refractivity contribution is 7.89. The summed E-state index contributed by atoms with van der Waals surface area (Å²) in [6.45, 7) is 1.21. The maximum Gasteiger partial charge on any atom is 0.259 e. The summed E-state index contributed by atoms with van der Waals surface area (Å²) >= 11 is 0. The van der Waals surface area contributed by atoms with Gasteiger partial charge in [-0.3, -0.25) is 0 Å². The van der Waals surface area contributed by atoms with Gasteiger partial charge in [-0.25, -0.2) is 8.42 Å². The van der Waals surface area contributed by atoms with Gasteiger partial charge in [-0.15, -0.1) is 4.40 Å². The molecule has 19 heavy (non-hydrogen) atoms. The van der Waals surface area contributed by atoms with Gasteiger partial charge in [0, 0.05) is 13.0 Å². The normalized spacial score (nSPS) is 24.0. The lowest BCUT2D eigenvalue weighted by molar-refractivity contribution is -0.0721. The molecule has 1 fully saturated rings. The van der Waals surface area contributed by atoms with Gasteiger partial charge in [-0.1, -0.05) is 12.1 Å². The number of benzene rings is 1. The first kappa shape index (κ1) is 12.4. The Morgan fingerprint density at radius 2 is 2.26 bits per heavy atom. The molecule has 1 saturated heterocycles. The van der Waals surface area contributed by atoms with Crippen molar-refractivity contribution in [1.29, 1.82) is 0 Å². The molecule has 102 valence electrons. The van der Waals surface area contributed by atoms with Gasteiger partial charge in [0.1, 0.15) is 18.2 Å². The summed E-state index contributed by atoms with van der Waals surface area (Å²) in [5.41, 5.74) is 6.94. The van der Waals surface area contributed by atoms with Crippen molar-refractivity contribution in [2.45, 2.75) is 18.3 Å². The van der Waals surface area contributed by atoms with Crippen LogP contribution in [0.2, 0.25) is 0 Å². The number of fused-ring (bicyclic) bond motifs is 1. The molecule has 0 radical (unpaired) electrons. The van der Waals surface area contributed by atoms with E-state index in [1.54, 1.807) is 18.2 Å². The van der Waals surface area contributed by atoms with Gasteiger partial charge < -0.3 is 15.2 Å². The van der Waals surface area contributed by atoms with E-state index in [-0.39, 0.29) is 17.7 Å². The Balaban J connectivity index is 1.90. The molecule has 1 aromatic carbocycles. The van der Waals surface area contributed by atoms with Crippen LogP contribution in [0.3, 0.4) is 0 Å². The Morgan fingerprint density at radius 3 is 2.95 bits per heavy atom. The Kier molecular flexibility index (Phi) is 2.94. The van der Waals surface area contributed by atoms with Crippen LogP contribution < -0.4 is 10.5 Å². The zero-order valence-electron chi connectivity index (χ0n) is 10.2. The van der Waals surface area contributed by atoms with Crippen LogP contribution in [0, 0.1) is 0 Å². The van der Waals surface area contributed by atoms with E-state index in [0.717, 1.165) is 13.0 Å². The molecule has 1 atom stereocenters. The summed E-state index contributed by atoms with van der Waals surface area (Å²) in [6, 6.07) is 5.24. The molecule has 0 saturated carbocycles. The largest absolute Gasteiger partial charge is 0.490 e. The van der Waals surface area contributed by atoms with Crippen LogP contribution in [0.5, 0.6) is 5.75 Å². The molecule has 7 heteroatoms. The van der Waals surface area contributed by atoms with Crippen molar-refractivity contribution in [3.05, 3.63) is 29.3 Å². The fourth-order valence-electron chi connectivity index (χ4n) is 2.13. The Bertz CT molecular complexity index is 635. The average Bonchev–Trinajstić information content (AvgIpc) is 2.24. The standard InChI is InChI=1S/C12H14N2O4S/c13-12-11-8(7-19(15,16)14-12)2-1-3-10(11)18-6-9-4-5-17-9/h1-3,9H,4-7H2,(H2,13,14). The molecule has 1 aromatic rings. The lowest BCUT2D eigenvalue weighted by Gasteiger charge is -2.27. The second-order valence-electron chi connectivity index (χ2n) is 4.59. The molecular formula is C12H14N2O4S. The first-order valence-corrected chi connectivity index (χ1v) is 7.61. The molecule has 0 aromatic heterocycles. The van der Waals surface area contributed by atoms with Crippen LogP contribution >= 0.6 is 0 Å². The summed E-state index contributed by atoms with van der Waals surface area (Å²) in [4.78, 5) is 0. The lowest BCUT2D eigenvalue weighted by Crippen LogP contribution is -2.33. The highest BCUT2D eigenvalue weighted by Crippen LogP contribution is 2.28. The Morgan fingerprint density at radius 1 is 1.47 bits per heavy atom. The molecule has 2 aliphatic rings. The number of hydrogen-bond donors (Lipinski definition) is 1. The smallest absolute Gasteiger partial charge is 0.259 e. The van der Waals surface area contributed by atoms with Crippen molar-refractivity contribution in [2.24, 2.45) is 10.1 Å². The van der Waals surface area contributed by atoms with E-state index in [9.17, 15) is 8.42 Å². The van der Waals surface area contributed by atoms with Crippen LogP contribution in [0.4, 0.5) is 0 Å². The van der Waals surface area contributed by atoms with Crippen molar-refractivity contribution in [1.82, 2.24) is 0 Å². The predicted molar refractivity (Wildman–Crippen MR) is 69.6 cm³/mol. The summed E-state index contributed by atoms with van der Waals surface area (Å²) in [7, 11) is -3.50. The molecule has 2 heterocycles. The summed E-state index contributed by atoms with van der Waals surface area (Å²) in [5.74, 6) is 0.413. The van der Waals surface area contributed by atoms with Gasteiger partial charge in [0.2, 0.25) is 0 Å². The molecule has 0 spiro atoms. The SMILES string of the molecule is NC1=NS(=O)(=O)Cc2cccc(OCC3CCO3)c21. The number of sulfonamides is 1. The minimum atomic E-state index is -3.50. The zero-order valence-corrected chi connectivity index (χ0v) is 11.0. The average molecular weight is 282 g/mol. The number of ether oxygens (including phenoxy) is 2. The molecule has 0 aliphatic carbocycles. The van der Waals surface area contributed by atoms with Crippen LogP contribution in [0.15, 0.2) is 22.6 Å². The third-order valence-corrected chi connectivity index (χ3v) is 4.31. The molecule has 0 bridgehead atoms. The molecule has 2 aliphatic heterocycles. The molecule has 2 N–H and O–H groups in total. The van der Waals surface area contributed by atoms with Crippen LogP contribution in [-0.4, -0.2) is 33.6 Å². The van der Waals surface area contributed by atoms with Crippen molar-refractivity contribution < 1.29 is 17.9 Å². The quantitative estimate of drug-likeness (QED) is 0.866. The summed E-state index contributed by atoms with van der Waals surface area (Å²) in [6.07, 6.45) is 1.09. The van der Waals surface area contributed by atoms with E-state index in [0.29, 0.717) is 23.5 Å². The minimum Gasteiger partial charge on any atom is -0.490 e. The number of rotatable bonds is 3. The number of nitrogens with zero attached hydrogens (tertiary/aromatic N) is 1. The summed E-state index contributed by atoms with van der Waals surface area (Å²) in [5, 5.41) is 0. The van der Waals surface area contributed by atoms with Crippen molar-refractivity contribution in [3.8, 4) is 5.75 Å². The topological polar surface area (TPSA) is 91.0 Å². The Labute approximate surface area is 111 Å². The number of amidine groups is 1. The molecule has 6 nitrogen and oxygen atoms in total. The van der Waals surface area contributed by atoms with Crippen molar-refractivity contribution >= 4 is 15.9 Å². The first-order chi connectivity index (χ1) is 9.05. The molecule has 1 unspecified atom stereocenters. The molecule has 3 rings (SSSR count). The van der Waals surface area contributed by atoms with E-state index in [1.165, 1.54) is 0 Å². The van der Waals surface area contributed by atoms with Gasteiger partial charge in [0.05, 0.1) is 17.4 Å². The van der Waals surface area contributed by atoms with E-state index >= 15 is 0 Å². The monoisotopic (exact) mass is 282 g/mol. The maximum absolute atomic E-state index is 11.5. The molecular weight excluding hydrogens is 268 g/mol. The van der Waals surface area contributed by atoms with Crippen molar-refractivity contribution in [3.63, 3.8) is 0 Å². The van der Waals surface area contributed by atoms with E-state index in [2.05, 4.69) is 4.40 Å². The van der Waals surface area contributed by atoms with Crippen LogP contribution in [-0.2, 0) is 20.5 Å². The minimum absolute atomic E-state index is 0.00798. The zero-order chi connectivity index (χ0) is 13.5. The van der Waals surface area contributed by atoms with Gasteiger partial charge in [0.15, 0.2) is 0 Å². The van der Waals surface area contributed by atoms with Gasteiger partial charge in [0.25, 0.3) is 10.0 Å². The number of hydrogen-bond acceptors (Lipinski definition) is 5. The van der Waals surface area contributed by atoms with Crippen LogP contribution in [0.25, 0.3) is 0 Å². The van der Waals surface area contributed by atoms with Gasteiger partial charge >= 0.3 is 0 Å². The number of nitrogens with two attached hydrogens (primary N) is 1. The summed E-state index contributed by atoms with van der Waals surface area (Å²) < 4.78 is 37.5. The van der Waals surface area contributed by atoms with Crippen molar-refractivity contribution in [2.75, 3.05) is 13.2 Å². The van der Waals surface area contributed by atoms with E-state index < -0.39 is 10.0 Å².